The molecule has 1 aromatic heterocycles. The minimum Gasteiger partial charge on any atom is -0.494 e. The molecular formula is C16H18N2O2S. The van der Waals surface area contributed by atoms with Gasteiger partial charge in [0.15, 0.2) is 5.16 Å². The van der Waals surface area contributed by atoms with Crippen molar-refractivity contribution in [2.45, 2.75) is 24.6 Å². The van der Waals surface area contributed by atoms with Crippen LogP contribution in [-0.4, -0.2) is 28.4 Å². The fourth-order valence-electron chi connectivity index (χ4n) is 2.06. The number of hydrogen-bond donors (Lipinski definition) is 1. The Hall–Kier alpha value is -1.88. The number of hydrogen-bond acceptors (Lipinski definition) is 4. The summed E-state index contributed by atoms with van der Waals surface area (Å²) in [4.78, 5) is 7.89. The van der Waals surface area contributed by atoms with Gasteiger partial charge in [-0.3, -0.25) is 0 Å². The number of nitrogens with one attached hydrogen (secondary N) is 1. The van der Waals surface area contributed by atoms with Gasteiger partial charge in [0.05, 0.1) is 18.9 Å². The lowest BCUT2D eigenvalue weighted by atomic mass is 10.1. The molecule has 0 radical (unpaired) electrons. The van der Waals surface area contributed by atoms with E-state index in [1.165, 1.54) is 0 Å². The molecule has 21 heavy (non-hydrogen) atoms. The monoisotopic (exact) mass is 302 g/mol. The minimum atomic E-state index is -0.207. The highest BCUT2D eigenvalue weighted by molar-refractivity contribution is 7.99. The number of rotatable bonds is 4. The van der Waals surface area contributed by atoms with Gasteiger partial charge in [0.25, 0.3) is 0 Å². The lowest BCUT2D eigenvalue weighted by molar-refractivity contribution is 0.0998. The number of methoxy groups -OCH3 is 1. The molecule has 3 rings (SSSR count). The maximum Gasteiger partial charge on any atom is 0.166 e. The summed E-state index contributed by atoms with van der Waals surface area (Å²) in [5.74, 6) is 1.60. The highest BCUT2D eigenvalue weighted by atomic mass is 32.2. The number of imidazole rings is 1. The van der Waals surface area contributed by atoms with Gasteiger partial charge in [0.2, 0.25) is 0 Å². The largest absolute Gasteiger partial charge is 0.494 e. The molecule has 0 saturated heterocycles. The van der Waals surface area contributed by atoms with E-state index in [9.17, 15) is 0 Å². The maximum atomic E-state index is 5.65. The van der Waals surface area contributed by atoms with E-state index in [1.54, 1.807) is 18.9 Å². The number of nitrogens with zero attached hydrogens (tertiary/aromatic N) is 1. The number of aromatic nitrogens is 2. The number of allylic oxidation sites excluding steroid dienone is 1. The molecule has 0 saturated carbocycles. The van der Waals surface area contributed by atoms with Crippen LogP contribution in [0.1, 0.15) is 13.8 Å². The zero-order valence-electron chi connectivity index (χ0n) is 12.3. The molecule has 0 bridgehead atoms. The van der Waals surface area contributed by atoms with Crippen LogP contribution in [0.2, 0.25) is 0 Å². The molecule has 4 nitrogen and oxygen atoms in total. The van der Waals surface area contributed by atoms with Crippen molar-refractivity contribution in [2.75, 3.05) is 12.9 Å². The molecule has 110 valence electrons. The Morgan fingerprint density at radius 1 is 1.38 bits per heavy atom. The fourth-order valence-corrected chi connectivity index (χ4v) is 2.87. The number of benzene rings is 1. The Kier molecular flexibility index (Phi) is 3.68. The van der Waals surface area contributed by atoms with Crippen molar-refractivity contribution in [2.24, 2.45) is 0 Å². The van der Waals surface area contributed by atoms with E-state index in [-0.39, 0.29) is 5.60 Å². The molecule has 1 aliphatic rings. The number of ether oxygens (including phenoxy) is 2. The van der Waals surface area contributed by atoms with Gasteiger partial charge >= 0.3 is 0 Å². The Labute approximate surface area is 128 Å². The van der Waals surface area contributed by atoms with Crippen LogP contribution < -0.4 is 4.74 Å². The van der Waals surface area contributed by atoms with Crippen LogP contribution in [-0.2, 0) is 4.74 Å². The van der Waals surface area contributed by atoms with Crippen molar-refractivity contribution in [1.29, 1.82) is 0 Å². The average Bonchev–Trinajstić information content (AvgIpc) is 2.89. The zero-order valence-corrected chi connectivity index (χ0v) is 13.2. The standard InChI is InChI=1S/C16H18N2O2S/c1-16(2)8-7-11(9-20-16)10-21-15-17-12-5-4-6-13(19-3)14(12)18-15/h4-9H,10H2,1-3H3,(H,17,18). The minimum absolute atomic E-state index is 0.207. The third-order valence-electron chi connectivity index (χ3n) is 3.26. The molecule has 0 amide bonds. The summed E-state index contributed by atoms with van der Waals surface area (Å²) in [5.41, 5.74) is 2.79. The summed E-state index contributed by atoms with van der Waals surface area (Å²) >= 11 is 1.65. The highest BCUT2D eigenvalue weighted by Crippen LogP contribution is 2.28. The lowest BCUT2D eigenvalue weighted by Crippen LogP contribution is -2.20. The second-order valence-electron chi connectivity index (χ2n) is 5.43. The number of fused-ring (bicyclic) bond motifs is 1. The predicted molar refractivity (Wildman–Crippen MR) is 85.8 cm³/mol. The molecular weight excluding hydrogens is 284 g/mol. The topological polar surface area (TPSA) is 47.1 Å². The molecule has 2 aromatic rings. The van der Waals surface area contributed by atoms with Crippen LogP contribution in [0, 0.1) is 0 Å². The highest BCUT2D eigenvalue weighted by Gasteiger charge is 2.17. The van der Waals surface area contributed by atoms with Crippen molar-refractivity contribution in [1.82, 2.24) is 9.97 Å². The molecule has 1 N–H and O–H groups in total. The van der Waals surface area contributed by atoms with Crippen molar-refractivity contribution in [3.05, 3.63) is 42.2 Å². The molecule has 5 heteroatoms. The lowest BCUT2D eigenvalue weighted by Gasteiger charge is -2.24. The first kappa shape index (κ1) is 14.1. The van der Waals surface area contributed by atoms with Crippen LogP contribution in [0.25, 0.3) is 11.0 Å². The summed E-state index contributed by atoms with van der Waals surface area (Å²) in [6.45, 7) is 4.07. The SMILES string of the molecule is COc1cccc2[nH]c(SCC3=COC(C)(C)C=C3)nc12. The summed E-state index contributed by atoms with van der Waals surface area (Å²) in [5, 5.41) is 0.883. The van der Waals surface area contributed by atoms with Crippen LogP contribution in [0.15, 0.2) is 47.3 Å². The Balaban J connectivity index is 1.72. The zero-order chi connectivity index (χ0) is 14.9. The number of para-hydroxylation sites is 1. The van der Waals surface area contributed by atoms with Crippen molar-refractivity contribution in [3.63, 3.8) is 0 Å². The summed E-state index contributed by atoms with van der Waals surface area (Å²) in [6.07, 6.45) is 6.01. The van der Waals surface area contributed by atoms with Crippen LogP contribution in [0.4, 0.5) is 0 Å². The van der Waals surface area contributed by atoms with Gasteiger partial charge in [-0.25, -0.2) is 4.98 Å². The first-order valence-electron chi connectivity index (χ1n) is 6.79. The third-order valence-corrected chi connectivity index (χ3v) is 4.21. The second kappa shape index (κ2) is 5.48. The van der Waals surface area contributed by atoms with Crippen molar-refractivity contribution in [3.8, 4) is 5.75 Å². The van der Waals surface area contributed by atoms with E-state index in [4.69, 9.17) is 9.47 Å². The van der Waals surface area contributed by atoms with Crippen LogP contribution >= 0.6 is 11.8 Å². The molecule has 0 aliphatic carbocycles. The van der Waals surface area contributed by atoms with E-state index in [0.717, 1.165) is 33.3 Å². The Morgan fingerprint density at radius 2 is 2.24 bits per heavy atom. The molecule has 1 aliphatic heterocycles. The smallest absolute Gasteiger partial charge is 0.166 e. The van der Waals surface area contributed by atoms with Gasteiger partial charge in [-0.1, -0.05) is 23.9 Å². The van der Waals surface area contributed by atoms with Crippen LogP contribution in [0.3, 0.4) is 0 Å². The first-order chi connectivity index (χ1) is 10.1. The van der Waals surface area contributed by atoms with E-state index >= 15 is 0 Å². The van der Waals surface area contributed by atoms with Gasteiger partial charge < -0.3 is 14.5 Å². The summed E-state index contributed by atoms with van der Waals surface area (Å²) < 4.78 is 11.0. The van der Waals surface area contributed by atoms with E-state index in [0.29, 0.717) is 0 Å². The number of H-pyrrole nitrogens is 1. The quantitative estimate of drug-likeness (QED) is 0.870. The second-order valence-corrected chi connectivity index (χ2v) is 6.40. The normalized spacial score (nSPS) is 16.6. The maximum absolute atomic E-state index is 5.65. The predicted octanol–water partition coefficient (Wildman–Crippen LogP) is 3.91. The van der Waals surface area contributed by atoms with Crippen molar-refractivity contribution < 1.29 is 9.47 Å². The van der Waals surface area contributed by atoms with Crippen molar-refractivity contribution >= 4 is 22.8 Å². The molecule has 0 spiro atoms. The average molecular weight is 302 g/mol. The summed E-state index contributed by atoms with van der Waals surface area (Å²) in [7, 11) is 1.66. The molecule has 0 atom stereocenters. The van der Waals surface area contributed by atoms with E-state index < -0.39 is 0 Å². The first-order valence-corrected chi connectivity index (χ1v) is 7.77. The number of thioether (sulfide) groups is 1. The van der Waals surface area contributed by atoms with Gasteiger partial charge in [0, 0.05) is 5.75 Å². The fraction of sp³-hybridized carbons (Fsp3) is 0.312. The van der Waals surface area contributed by atoms with Gasteiger partial charge in [-0.15, -0.1) is 0 Å². The van der Waals surface area contributed by atoms with Crippen LogP contribution in [0.5, 0.6) is 5.75 Å². The Bertz CT molecular complexity index is 716. The van der Waals surface area contributed by atoms with Gasteiger partial charge in [-0.05, 0) is 37.6 Å². The Morgan fingerprint density at radius 3 is 2.95 bits per heavy atom. The molecule has 2 heterocycles. The number of aromatic amines is 1. The van der Waals surface area contributed by atoms with Gasteiger partial charge in [-0.2, -0.15) is 0 Å². The molecule has 0 fully saturated rings. The van der Waals surface area contributed by atoms with E-state index in [2.05, 4.69) is 22.1 Å². The third kappa shape index (κ3) is 3.08. The molecule has 1 aromatic carbocycles. The molecule has 0 unspecified atom stereocenters. The van der Waals surface area contributed by atoms with E-state index in [1.807, 2.05) is 38.3 Å². The van der Waals surface area contributed by atoms with Gasteiger partial charge in [0.1, 0.15) is 16.9 Å². The summed E-state index contributed by atoms with van der Waals surface area (Å²) in [6, 6.07) is 5.87.